The third-order valence-corrected chi connectivity index (χ3v) is 3.10. The molecule has 0 spiro atoms. The molecule has 0 saturated carbocycles. The molecule has 4 amide bonds. The number of nitrogens with one attached hydrogen (secondary N) is 4. The monoisotopic (exact) mass is 375 g/mol. The highest BCUT2D eigenvalue weighted by Crippen LogP contribution is 2.34. The molecule has 0 heterocycles. The van der Waals surface area contributed by atoms with Crippen LogP contribution in [-0.4, -0.2) is 44.0 Å². The predicted molar refractivity (Wildman–Crippen MR) is 88.5 cm³/mol. The molecule has 1 unspecified atom stereocenters. The summed E-state index contributed by atoms with van der Waals surface area (Å²) in [5.74, 6) is -1.29. The van der Waals surface area contributed by atoms with Crippen molar-refractivity contribution in [2.45, 2.75) is 26.1 Å². The Morgan fingerprint density at radius 3 is 2.23 bits per heavy atom. The Balaban J connectivity index is 2.56. The number of urea groups is 1. The molecule has 0 aliphatic rings. The second-order valence-electron chi connectivity index (χ2n) is 6.08. The number of amides is 4. The third kappa shape index (κ3) is 7.51. The number of likely N-dealkylation sites (N-methyl/N-ethyl adjacent to an activating group) is 1. The van der Waals surface area contributed by atoms with E-state index < -0.39 is 29.6 Å². The Labute approximate surface area is 148 Å². The molecule has 1 aromatic carbocycles. The minimum Gasteiger partial charge on any atom is -0.336 e. The normalized spacial score (nSPS) is 12.4. The summed E-state index contributed by atoms with van der Waals surface area (Å²) >= 11 is 0. The first-order chi connectivity index (χ1) is 12.0. The summed E-state index contributed by atoms with van der Waals surface area (Å²) in [6.07, 6.45) is -4.59. The molecule has 0 aliphatic heterocycles. The van der Waals surface area contributed by atoms with Crippen molar-refractivity contribution in [3.63, 3.8) is 0 Å². The molecule has 10 heteroatoms. The SMILES string of the molecule is CC(C)NC(=O)NC(=O)C[NH+](C)CC(=O)Nc1ccccc1C(F)(F)F. The smallest absolute Gasteiger partial charge is 0.336 e. The van der Waals surface area contributed by atoms with Crippen molar-refractivity contribution >= 4 is 23.5 Å². The van der Waals surface area contributed by atoms with Crippen molar-refractivity contribution in [3.05, 3.63) is 29.8 Å². The van der Waals surface area contributed by atoms with Gasteiger partial charge in [0.15, 0.2) is 13.1 Å². The number of carbonyl (C=O) groups excluding carboxylic acids is 3. The average Bonchev–Trinajstić information content (AvgIpc) is 2.44. The highest BCUT2D eigenvalue weighted by atomic mass is 19.4. The Kier molecular flexibility index (Phi) is 7.56. The maximum absolute atomic E-state index is 12.9. The van der Waals surface area contributed by atoms with E-state index in [1.165, 1.54) is 19.2 Å². The maximum Gasteiger partial charge on any atom is 0.418 e. The number of hydrogen-bond acceptors (Lipinski definition) is 3. The first-order valence-corrected chi connectivity index (χ1v) is 7.86. The van der Waals surface area contributed by atoms with Crippen LogP contribution in [0.1, 0.15) is 19.4 Å². The number of carbonyl (C=O) groups is 3. The van der Waals surface area contributed by atoms with E-state index in [0.29, 0.717) is 4.90 Å². The Morgan fingerprint density at radius 1 is 1.08 bits per heavy atom. The molecule has 7 nitrogen and oxygen atoms in total. The van der Waals surface area contributed by atoms with Crippen LogP contribution in [0.3, 0.4) is 0 Å². The topological polar surface area (TPSA) is 91.7 Å². The zero-order chi connectivity index (χ0) is 19.9. The van der Waals surface area contributed by atoms with Crippen LogP contribution in [-0.2, 0) is 15.8 Å². The van der Waals surface area contributed by atoms with Crippen molar-refractivity contribution in [2.24, 2.45) is 0 Å². The van der Waals surface area contributed by atoms with Gasteiger partial charge >= 0.3 is 12.2 Å². The van der Waals surface area contributed by atoms with Gasteiger partial charge in [-0.3, -0.25) is 14.9 Å². The molecule has 0 fully saturated rings. The molecule has 0 aliphatic carbocycles. The Hall–Kier alpha value is -2.62. The molecule has 0 radical (unpaired) electrons. The van der Waals surface area contributed by atoms with Crippen LogP contribution >= 0.6 is 0 Å². The van der Waals surface area contributed by atoms with Crippen molar-refractivity contribution in [2.75, 3.05) is 25.5 Å². The fourth-order valence-electron chi connectivity index (χ4n) is 2.11. The van der Waals surface area contributed by atoms with E-state index in [9.17, 15) is 27.6 Å². The van der Waals surface area contributed by atoms with Crippen molar-refractivity contribution < 1.29 is 32.5 Å². The van der Waals surface area contributed by atoms with Crippen LogP contribution in [0.2, 0.25) is 0 Å². The third-order valence-electron chi connectivity index (χ3n) is 3.10. The van der Waals surface area contributed by atoms with Gasteiger partial charge in [-0.25, -0.2) is 4.79 Å². The molecule has 144 valence electrons. The zero-order valence-electron chi connectivity index (χ0n) is 14.7. The molecule has 4 N–H and O–H groups in total. The highest BCUT2D eigenvalue weighted by molar-refractivity contribution is 5.95. The van der Waals surface area contributed by atoms with E-state index >= 15 is 0 Å². The summed E-state index contributed by atoms with van der Waals surface area (Å²) in [5, 5.41) is 6.78. The summed E-state index contributed by atoms with van der Waals surface area (Å²) in [4.78, 5) is 35.4. The summed E-state index contributed by atoms with van der Waals surface area (Å²) in [6, 6.07) is 3.82. The van der Waals surface area contributed by atoms with Crippen LogP contribution in [0.15, 0.2) is 24.3 Å². The lowest BCUT2D eigenvalue weighted by Gasteiger charge is -2.16. The Bertz CT molecular complexity index is 662. The summed E-state index contributed by atoms with van der Waals surface area (Å²) in [5.41, 5.74) is -1.30. The van der Waals surface area contributed by atoms with E-state index in [0.717, 1.165) is 12.1 Å². The number of anilines is 1. The lowest BCUT2D eigenvalue weighted by atomic mass is 10.1. The maximum atomic E-state index is 12.9. The fourth-order valence-corrected chi connectivity index (χ4v) is 2.11. The van der Waals surface area contributed by atoms with E-state index in [1.54, 1.807) is 13.8 Å². The van der Waals surface area contributed by atoms with Gasteiger partial charge in [0.05, 0.1) is 18.3 Å². The van der Waals surface area contributed by atoms with Gasteiger partial charge in [-0.2, -0.15) is 13.2 Å². The van der Waals surface area contributed by atoms with Crippen LogP contribution < -0.4 is 20.9 Å². The van der Waals surface area contributed by atoms with Crippen molar-refractivity contribution in [1.29, 1.82) is 0 Å². The fraction of sp³-hybridized carbons (Fsp3) is 0.438. The standard InChI is InChI=1S/C16H21F3N4O3/c1-10(2)20-15(26)22-14(25)9-23(3)8-13(24)21-12-7-5-4-6-11(12)16(17,18)19/h4-7,10H,8-9H2,1-3H3,(H,21,24)(H2,20,22,25,26)/p+1. The van der Waals surface area contributed by atoms with Gasteiger partial charge in [0, 0.05) is 6.04 Å². The molecular formula is C16H22F3N4O3+. The van der Waals surface area contributed by atoms with Gasteiger partial charge in [-0.15, -0.1) is 0 Å². The number of hydrogen-bond donors (Lipinski definition) is 4. The number of rotatable bonds is 6. The lowest BCUT2D eigenvalue weighted by Crippen LogP contribution is -3.11. The summed E-state index contributed by atoms with van der Waals surface area (Å²) in [6.45, 7) is 3.01. The first-order valence-electron chi connectivity index (χ1n) is 7.86. The zero-order valence-corrected chi connectivity index (χ0v) is 14.7. The van der Waals surface area contributed by atoms with Gasteiger partial charge in [-0.1, -0.05) is 12.1 Å². The lowest BCUT2D eigenvalue weighted by molar-refractivity contribution is -0.862. The van der Waals surface area contributed by atoms with E-state index in [4.69, 9.17) is 0 Å². The number of benzene rings is 1. The number of quaternary nitrogens is 1. The molecular weight excluding hydrogens is 353 g/mol. The summed E-state index contributed by atoms with van der Waals surface area (Å²) < 4.78 is 38.7. The van der Waals surface area contributed by atoms with Crippen LogP contribution in [0.4, 0.5) is 23.7 Å². The minimum atomic E-state index is -4.59. The average molecular weight is 375 g/mol. The van der Waals surface area contributed by atoms with Crippen LogP contribution in [0, 0.1) is 0 Å². The Morgan fingerprint density at radius 2 is 1.65 bits per heavy atom. The van der Waals surface area contributed by atoms with Gasteiger partial charge in [0.1, 0.15) is 0 Å². The molecule has 1 aromatic rings. The molecule has 1 atom stereocenters. The second kappa shape index (κ2) is 9.18. The molecule has 0 aromatic heterocycles. The molecule has 0 bridgehead atoms. The molecule has 26 heavy (non-hydrogen) atoms. The van der Waals surface area contributed by atoms with Gasteiger partial charge in [0.2, 0.25) is 0 Å². The number of para-hydroxylation sites is 1. The molecule has 0 saturated heterocycles. The van der Waals surface area contributed by atoms with Crippen molar-refractivity contribution in [1.82, 2.24) is 10.6 Å². The first kappa shape index (κ1) is 21.4. The minimum absolute atomic E-state index is 0.146. The van der Waals surface area contributed by atoms with Gasteiger partial charge < -0.3 is 15.5 Å². The quantitative estimate of drug-likeness (QED) is 0.580. The summed E-state index contributed by atoms with van der Waals surface area (Å²) in [7, 11) is 1.51. The number of alkyl halides is 3. The number of imide groups is 1. The van der Waals surface area contributed by atoms with Gasteiger partial charge in [-0.05, 0) is 26.0 Å². The van der Waals surface area contributed by atoms with Crippen LogP contribution in [0.5, 0.6) is 0 Å². The van der Waals surface area contributed by atoms with Crippen molar-refractivity contribution in [3.8, 4) is 0 Å². The number of halogens is 3. The molecule has 1 rings (SSSR count). The largest absolute Gasteiger partial charge is 0.418 e. The second-order valence-corrected chi connectivity index (χ2v) is 6.08. The van der Waals surface area contributed by atoms with Crippen LogP contribution in [0.25, 0.3) is 0 Å². The predicted octanol–water partition coefficient (Wildman–Crippen LogP) is 0.393. The highest BCUT2D eigenvalue weighted by Gasteiger charge is 2.33. The van der Waals surface area contributed by atoms with Gasteiger partial charge in [0.25, 0.3) is 11.8 Å². The van der Waals surface area contributed by atoms with E-state index in [-0.39, 0.29) is 24.8 Å². The van der Waals surface area contributed by atoms with E-state index in [2.05, 4.69) is 16.0 Å². The van der Waals surface area contributed by atoms with E-state index in [1.807, 2.05) is 0 Å².